The molecule has 1 aliphatic carbocycles. The highest BCUT2D eigenvalue weighted by atomic mass is 35.5. The number of sulfonamides is 1. The van der Waals surface area contributed by atoms with Crippen molar-refractivity contribution < 1.29 is 8.42 Å². The van der Waals surface area contributed by atoms with E-state index >= 15 is 0 Å². The summed E-state index contributed by atoms with van der Waals surface area (Å²) in [5.74, 6) is 0.790. The van der Waals surface area contributed by atoms with E-state index in [0.29, 0.717) is 12.4 Å². The Morgan fingerprint density at radius 2 is 1.88 bits per heavy atom. The smallest absolute Gasteiger partial charge is 0.212 e. The van der Waals surface area contributed by atoms with Gasteiger partial charge < -0.3 is 0 Å². The van der Waals surface area contributed by atoms with Gasteiger partial charge in [-0.25, -0.2) is 13.1 Å². The molecule has 0 aromatic carbocycles. The van der Waals surface area contributed by atoms with Gasteiger partial charge in [0.2, 0.25) is 10.0 Å². The summed E-state index contributed by atoms with van der Waals surface area (Å²) in [6.45, 7) is 6.34. The highest BCUT2D eigenvalue weighted by molar-refractivity contribution is 7.89. The molecule has 0 aromatic heterocycles. The fourth-order valence-corrected chi connectivity index (χ4v) is 3.95. The molecule has 0 saturated heterocycles. The first-order valence-electron chi connectivity index (χ1n) is 5.71. The van der Waals surface area contributed by atoms with Crippen molar-refractivity contribution in [2.45, 2.75) is 40.0 Å². The van der Waals surface area contributed by atoms with Crippen molar-refractivity contribution in [3.8, 4) is 0 Å². The first-order chi connectivity index (χ1) is 7.18. The topological polar surface area (TPSA) is 46.2 Å². The van der Waals surface area contributed by atoms with Crippen LogP contribution in [0.2, 0.25) is 0 Å². The minimum absolute atomic E-state index is 0.159. The van der Waals surface area contributed by atoms with Crippen LogP contribution < -0.4 is 4.72 Å². The Bertz CT molecular complexity index is 328. The Hall–Kier alpha value is 0.200. The molecular weight excluding hydrogens is 246 g/mol. The minimum atomic E-state index is -3.14. The normalized spacial score (nSPS) is 19.8. The van der Waals surface area contributed by atoms with Crippen LogP contribution in [0.1, 0.15) is 40.0 Å². The van der Waals surface area contributed by atoms with Crippen LogP contribution in [-0.2, 0) is 10.0 Å². The Kier molecular flexibility index (Phi) is 4.30. The molecule has 0 unspecified atom stereocenters. The second-order valence-electron chi connectivity index (χ2n) is 6.08. The first-order valence-corrected chi connectivity index (χ1v) is 7.90. The van der Waals surface area contributed by atoms with E-state index in [-0.39, 0.29) is 16.6 Å². The molecule has 0 radical (unpaired) electrons. The van der Waals surface area contributed by atoms with Crippen molar-refractivity contribution >= 4 is 21.6 Å². The molecule has 0 bridgehead atoms. The lowest BCUT2D eigenvalue weighted by atomic mass is 10.0. The summed E-state index contributed by atoms with van der Waals surface area (Å²) in [7, 11) is -3.14. The van der Waals surface area contributed by atoms with E-state index in [1.54, 1.807) is 0 Å². The van der Waals surface area contributed by atoms with Gasteiger partial charge in [-0.2, -0.15) is 0 Å². The van der Waals surface area contributed by atoms with Crippen LogP contribution in [0.5, 0.6) is 0 Å². The molecule has 1 saturated carbocycles. The molecule has 3 nitrogen and oxygen atoms in total. The van der Waals surface area contributed by atoms with Crippen LogP contribution in [0.3, 0.4) is 0 Å². The highest BCUT2D eigenvalue weighted by Gasteiger charge is 2.42. The zero-order valence-corrected chi connectivity index (χ0v) is 11.9. The molecule has 0 atom stereocenters. The van der Waals surface area contributed by atoms with Crippen LogP contribution in [0.15, 0.2) is 0 Å². The van der Waals surface area contributed by atoms with E-state index in [1.807, 2.05) is 20.8 Å². The molecule has 1 rings (SSSR count). The summed E-state index contributed by atoms with van der Waals surface area (Å²) in [5.41, 5.74) is -0.0399. The summed E-state index contributed by atoms with van der Waals surface area (Å²) in [4.78, 5) is 0. The van der Waals surface area contributed by atoms with Gasteiger partial charge in [-0.3, -0.25) is 0 Å². The molecule has 0 spiro atoms. The molecule has 5 heteroatoms. The molecule has 0 aliphatic heterocycles. The van der Waals surface area contributed by atoms with Crippen molar-refractivity contribution in [1.29, 1.82) is 0 Å². The monoisotopic (exact) mass is 267 g/mol. The Balaban J connectivity index is 2.43. The van der Waals surface area contributed by atoms with Crippen molar-refractivity contribution in [2.24, 2.45) is 10.8 Å². The quantitative estimate of drug-likeness (QED) is 0.751. The third kappa shape index (κ3) is 5.02. The van der Waals surface area contributed by atoms with E-state index < -0.39 is 10.0 Å². The van der Waals surface area contributed by atoms with Gasteiger partial charge in [-0.05, 0) is 30.1 Å². The SMILES string of the molecule is CC(C)(C)CS(=O)(=O)NCC1(CCCl)CC1. The number of alkyl halides is 1. The fourth-order valence-electron chi connectivity index (χ4n) is 1.78. The summed E-state index contributed by atoms with van der Waals surface area (Å²) >= 11 is 5.71. The lowest BCUT2D eigenvalue weighted by Crippen LogP contribution is -2.36. The van der Waals surface area contributed by atoms with Gasteiger partial charge in [0.15, 0.2) is 0 Å². The second kappa shape index (κ2) is 4.83. The maximum absolute atomic E-state index is 11.8. The lowest BCUT2D eigenvalue weighted by Gasteiger charge is -2.20. The Morgan fingerprint density at radius 1 is 1.31 bits per heavy atom. The van der Waals surface area contributed by atoms with E-state index in [4.69, 9.17) is 11.6 Å². The van der Waals surface area contributed by atoms with Crippen LogP contribution in [0.25, 0.3) is 0 Å². The van der Waals surface area contributed by atoms with Gasteiger partial charge in [0.25, 0.3) is 0 Å². The molecule has 0 heterocycles. The number of hydrogen-bond donors (Lipinski definition) is 1. The average Bonchev–Trinajstić information content (AvgIpc) is 2.79. The first kappa shape index (κ1) is 14.3. The van der Waals surface area contributed by atoms with Crippen molar-refractivity contribution in [3.63, 3.8) is 0 Å². The van der Waals surface area contributed by atoms with Crippen LogP contribution in [-0.4, -0.2) is 26.6 Å². The fraction of sp³-hybridized carbons (Fsp3) is 1.00. The molecule has 0 amide bonds. The van der Waals surface area contributed by atoms with Crippen molar-refractivity contribution in [1.82, 2.24) is 4.72 Å². The third-order valence-corrected chi connectivity index (χ3v) is 4.89. The predicted octanol–water partition coefficient (Wildman–Crippen LogP) is 2.36. The van der Waals surface area contributed by atoms with Gasteiger partial charge in [0, 0.05) is 12.4 Å². The summed E-state index contributed by atoms with van der Waals surface area (Å²) in [6.07, 6.45) is 3.10. The molecule has 0 aromatic rings. The standard InChI is InChI=1S/C11H22ClNO2S/c1-10(2,3)9-16(14,15)13-8-11(4-5-11)6-7-12/h13H,4-9H2,1-3H3. The summed E-state index contributed by atoms with van der Waals surface area (Å²) < 4.78 is 26.3. The average molecular weight is 268 g/mol. The third-order valence-electron chi connectivity index (χ3n) is 2.87. The maximum atomic E-state index is 11.8. The van der Waals surface area contributed by atoms with E-state index in [1.165, 1.54) is 0 Å². The number of hydrogen-bond acceptors (Lipinski definition) is 2. The van der Waals surface area contributed by atoms with Gasteiger partial charge >= 0.3 is 0 Å². The zero-order chi connectivity index (χ0) is 12.4. The van der Waals surface area contributed by atoms with E-state index in [0.717, 1.165) is 19.3 Å². The highest BCUT2D eigenvalue weighted by Crippen LogP contribution is 2.48. The lowest BCUT2D eigenvalue weighted by molar-refractivity contribution is 0.445. The molecule has 1 N–H and O–H groups in total. The molecule has 1 aliphatic rings. The molecule has 16 heavy (non-hydrogen) atoms. The van der Waals surface area contributed by atoms with Gasteiger partial charge in [-0.15, -0.1) is 11.6 Å². The number of nitrogens with one attached hydrogen (secondary N) is 1. The van der Waals surface area contributed by atoms with Gasteiger partial charge in [0.1, 0.15) is 0 Å². The van der Waals surface area contributed by atoms with Crippen LogP contribution in [0, 0.1) is 10.8 Å². The summed E-state index contributed by atoms with van der Waals surface area (Å²) in [6, 6.07) is 0. The van der Waals surface area contributed by atoms with Crippen molar-refractivity contribution in [2.75, 3.05) is 18.2 Å². The van der Waals surface area contributed by atoms with Gasteiger partial charge in [0.05, 0.1) is 5.75 Å². The minimum Gasteiger partial charge on any atom is -0.215 e. The van der Waals surface area contributed by atoms with E-state index in [9.17, 15) is 8.42 Å². The van der Waals surface area contributed by atoms with Gasteiger partial charge in [-0.1, -0.05) is 20.8 Å². The molecule has 96 valence electrons. The molecular formula is C11H22ClNO2S. The Labute approximate surface area is 104 Å². The Morgan fingerprint density at radius 3 is 2.25 bits per heavy atom. The van der Waals surface area contributed by atoms with E-state index in [2.05, 4.69) is 4.72 Å². The maximum Gasteiger partial charge on any atom is 0.212 e. The predicted molar refractivity (Wildman–Crippen MR) is 68.2 cm³/mol. The van der Waals surface area contributed by atoms with Crippen molar-refractivity contribution in [3.05, 3.63) is 0 Å². The van der Waals surface area contributed by atoms with Crippen LogP contribution in [0.4, 0.5) is 0 Å². The zero-order valence-electron chi connectivity index (χ0n) is 10.3. The second-order valence-corrected chi connectivity index (χ2v) is 8.26. The number of rotatable bonds is 6. The molecule has 1 fully saturated rings. The van der Waals surface area contributed by atoms with Crippen LogP contribution >= 0.6 is 11.6 Å². The largest absolute Gasteiger partial charge is 0.215 e. The summed E-state index contributed by atoms with van der Waals surface area (Å²) in [5, 5.41) is 0. The number of halogens is 1.